The maximum absolute atomic E-state index is 11.7. The van der Waals surface area contributed by atoms with Gasteiger partial charge in [0.2, 0.25) is 11.8 Å². The summed E-state index contributed by atoms with van der Waals surface area (Å²) in [6, 6.07) is 11.4. The first-order chi connectivity index (χ1) is 9.65. The average molecular weight is 289 g/mol. The molecule has 0 fully saturated rings. The van der Waals surface area contributed by atoms with Crippen LogP contribution in [-0.2, 0) is 9.59 Å². The van der Waals surface area contributed by atoms with Crippen molar-refractivity contribution in [2.75, 3.05) is 16.8 Å². The largest absolute Gasteiger partial charge is 0.369 e. The molecule has 1 aromatic carbocycles. The number of benzene rings is 1. The van der Waals surface area contributed by atoms with Gasteiger partial charge in [0.05, 0.1) is 11.5 Å². The zero-order valence-electron chi connectivity index (χ0n) is 10.8. The Labute approximate surface area is 121 Å². The number of hydrogen-bond donors (Lipinski definition) is 2. The summed E-state index contributed by atoms with van der Waals surface area (Å²) in [5.74, 6) is -0.216. The Morgan fingerprint density at radius 2 is 1.90 bits per heavy atom. The van der Waals surface area contributed by atoms with E-state index in [1.165, 1.54) is 11.8 Å². The Morgan fingerprint density at radius 1 is 1.15 bits per heavy atom. The number of rotatable bonds is 6. The van der Waals surface area contributed by atoms with Gasteiger partial charge in [0.15, 0.2) is 0 Å². The lowest BCUT2D eigenvalue weighted by molar-refractivity contribution is -0.115. The van der Waals surface area contributed by atoms with Crippen LogP contribution in [0.1, 0.15) is 0 Å². The first-order valence-electron chi connectivity index (χ1n) is 6.04. The molecule has 0 saturated heterocycles. The molecule has 0 radical (unpaired) electrons. The third-order valence-electron chi connectivity index (χ3n) is 2.51. The van der Waals surface area contributed by atoms with Gasteiger partial charge in [-0.05, 0) is 30.3 Å². The van der Waals surface area contributed by atoms with Crippen LogP contribution in [0.15, 0.2) is 48.8 Å². The maximum atomic E-state index is 11.7. The van der Waals surface area contributed by atoms with Crippen LogP contribution < -0.4 is 11.1 Å². The molecule has 2 rings (SSSR count). The number of nitrogens with zero attached hydrogens (tertiary/aromatic N) is 1. The highest BCUT2D eigenvalue weighted by molar-refractivity contribution is 8.00. The van der Waals surface area contributed by atoms with Crippen LogP contribution in [0.5, 0.6) is 0 Å². The van der Waals surface area contributed by atoms with Gasteiger partial charge in [0.1, 0.15) is 0 Å². The number of thioether (sulfide) groups is 1. The fourth-order valence-electron chi connectivity index (χ4n) is 1.69. The van der Waals surface area contributed by atoms with Crippen LogP contribution in [0.3, 0.4) is 0 Å². The molecule has 6 heteroatoms. The van der Waals surface area contributed by atoms with E-state index in [9.17, 15) is 9.59 Å². The summed E-state index contributed by atoms with van der Waals surface area (Å²) < 4.78 is 1.96. The molecule has 3 N–H and O–H groups in total. The fraction of sp³-hybridized carbons (Fsp3) is 0.143. The van der Waals surface area contributed by atoms with Gasteiger partial charge in [0.25, 0.3) is 0 Å². The van der Waals surface area contributed by atoms with Crippen LogP contribution in [0.4, 0.5) is 5.69 Å². The summed E-state index contributed by atoms with van der Waals surface area (Å²) in [5, 5.41) is 2.79. The Hall–Kier alpha value is -2.21. The van der Waals surface area contributed by atoms with Crippen molar-refractivity contribution in [2.24, 2.45) is 5.73 Å². The highest BCUT2D eigenvalue weighted by atomic mass is 32.2. The monoisotopic (exact) mass is 289 g/mol. The average Bonchev–Trinajstić information content (AvgIpc) is 2.92. The van der Waals surface area contributed by atoms with E-state index in [2.05, 4.69) is 5.32 Å². The summed E-state index contributed by atoms with van der Waals surface area (Å²) >= 11 is 1.20. The molecule has 104 valence electrons. The SMILES string of the molecule is NC(=O)CSCC(=O)Nc1cccc(-n2cccc2)c1. The van der Waals surface area contributed by atoms with Crippen molar-refractivity contribution in [3.63, 3.8) is 0 Å². The number of nitrogens with two attached hydrogens (primary N) is 1. The van der Waals surface area contributed by atoms with Crippen molar-refractivity contribution in [2.45, 2.75) is 0 Å². The van der Waals surface area contributed by atoms with Gasteiger partial charge in [-0.1, -0.05) is 6.07 Å². The lowest BCUT2D eigenvalue weighted by atomic mass is 10.2. The summed E-state index contributed by atoms with van der Waals surface area (Å²) in [5.41, 5.74) is 6.70. The zero-order valence-corrected chi connectivity index (χ0v) is 11.6. The first-order valence-corrected chi connectivity index (χ1v) is 7.20. The molecule has 0 aliphatic carbocycles. The Balaban J connectivity index is 1.94. The molecule has 0 saturated carbocycles. The number of carbonyl (C=O) groups excluding carboxylic acids is 2. The minimum atomic E-state index is -0.419. The minimum Gasteiger partial charge on any atom is -0.369 e. The van der Waals surface area contributed by atoms with Crippen LogP contribution in [-0.4, -0.2) is 27.9 Å². The number of primary amides is 1. The summed E-state index contributed by atoms with van der Waals surface area (Å²) in [4.78, 5) is 22.3. The molecule has 1 aromatic heterocycles. The summed E-state index contributed by atoms with van der Waals surface area (Å²) in [6.45, 7) is 0. The van der Waals surface area contributed by atoms with E-state index in [1.807, 2.05) is 53.4 Å². The summed E-state index contributed by atoms with van der Waals surface area (Å²) in [6.07, 6.45) is 3.87. The van der Waals surface area contributed by atoms with Gasteiger partial charge < -0.3 is 15.6 Å². The van der Waals surface area contributed by atoms with Crippen molar-refractivity contribution in [1.29, 1.82) is 0 Å². The lowest BCUT2D eigenvalue weighted by Gasteiger charge is -2.08. The molecule has 0 spiro atoms. The fourth-order valence-corrected chi connectivity index (χ4v) is 2.25. The van der Waals surface area contributed by atoms with Crippen LogP contribution in [0, 0.1) is 0 Å². The minimum absolute atomic E-state index is 0.150. The lowest BCUT2D eigenvalue weighted by Crippen LogP contribution is -2.18. The van der Waals surface area contributed by atoms with Gasteiger partial charge in [-0.15, -0.1) is 11.8 Å². The number of amides is 2. The molecule has 1 heterocycles. The van der Waals surface area contributed by atoms with Crippen molar-refractivity contribution < 1.29 is 9.59 Å². The topological polar surface area (TPSA) is 77.1 Å². The molecule has 0 atom stereocenters. The third-order valence-corrected chi connectivity index (χ3v) is 3.46. The van der Waals surface area contributed by atoms with Gasteiger partial charge >= 0.3 is 0 Å². The van der Waals surface area contributed by atoms with Crippen molar-refractivity contribution in [3.05, 3.63) is 48.8 Å². The number of anilines is 1. The van der Waals surface area contributed by atoms with Gasteiger partial charge in [-0.2, -0.15) is 0 Å². The second-order valence-electron chi connectivity index (χ2n) is 4.15. The van der Waals surface area contributed by atoms with Crippen molar-refractivity contribution >= 4 is 29.3 Å². The van der Waals surface area contributed by atoms with E-state index in [0.717, 1.165) is 11.4 Å². The van der Waals surface area contributed by atoms with E-state index in [0.29, 0.717) is 0 Å². The Morgan fingerprint density at radius 3 is 2.60 bits per heavy atom. The number of carbonyl (C=O) groups is 2. The molecule has 0 bridgehead atoms. The molecule has 2 aromatic rings. The van der Waals surface area contributed by atoms with Crippen molar-refractivity contribution in [3.8, 4) is 5.69 Å². The van der Waals surface area contributed by atoms with E-state index in [-0.39, 0.29) is 17.4 Å². The van der Waals surface area contributed by atoms with Crippen LogP contribution >= 0.6 is 11.8 Å². The van der Waals surface area contributed by atoms with Crippen LogP contribution in [0.25, 0.3) is 5.69 Å². The molecule has 2 amide bonds. The summed E-state index contributed by atoms with van der Waals surface area (Å²) in [7, 11) is 0. The molecule has 5 nitrogen and oxygen atoms in total. The zero-order chi connectivity index (χ0) is 14.4. The van der Waals surface area contributed by atoms with E-state index >= 15 is 0 Å². The molecule has 0 aliphatic rings. The standard InChI is InChI=1S/C14H15N3O2S/c15-13(18)9-20-10-14(19)16-11-4-3-5-12(8-11)17-6-1-2-7-17/h1-8H,9-10H2,(H2,15,18)(H,16,19). The predicted octanol–water partition coefficient (Wildman–Crippen LogP) is 1.63. The molecule has 0 unspecified atom stereocenters. The Bertz CT molecular complexity index is 596. The predicted molar refractivity (Wildman–Crippen MR) is 80.9 cm³/mol. The maximum Gasteiger partial charge on any atom is 0.234 e. The van der Waals surface area contributed by atoms with E-state index in [4.69, 9.17) is 5.73 Å². The number of nitrogens with one attached hydrogen (secondary N) is 1. The second kappa shape index (κ2) is 6.81. The molecule has 0 aliphatic heterocycles. The smallest absolute Gasteiger partial charge is 0.234 e. The number of hydrogen-bond acceptors (Lipinski definition) is 3. The quantitative estimate of drug-likeness (QED) is 0.848. The van der Waals surface area contributed by atoms with Gasteiger partial charge in [0, 0.05) is 23.8 Å². The Kier molecular flexibility index (Phi) is 4.84. The highest BCUT2D eigenvalue weighted by Gasteiger charge is 2.05. The number of aromatic nitrogens is 1. The molecular weight excluding hydrogens is 274 g/mol. The van der Waals surface area contributed by atoms with E-state index < -0.39 is 5.91 Å². The van der Waals surface area contributed by atoms with Gasteiger partial charge in [-0.3, -0.25) is 9.59 Å². The molecular formula is C14H15N3O2S. The first kappa shape index (κ1) is 14.2. The van der Waals surface area contributed by atoms with Crippen LogP contribution in [0.2, 0.25) is 0 Å². The van der Waals surface area contributed by atoms with Gasteiger partial charge in [-0.25, -0.2) is 0 Å². The highest BCUT2D eigenvalue weighted by Crippen LogP contribution is 2.15. The third kappa shape index (κ3) is 4.17. The van der Waals surface area contributed by atoms with E-state index in [1.54, 1.807) is 0 Å². The normalized spacial score (nSPS) is 10.2. The van der Waals surface area contributed by atoms with Crippen molar-refractivity contribution in [1.82, 2.24) is 4.57 Å². The molecule has 20 heavy (non-hydrogen) atoms. The second-order valence-corrected chi connectivity index (χ2v) is 5.13.